The average Bonchev–Trinajstić information content (AvgIpc) is 3.26. The van der Waals surface area contributed by atoms with Crippen LogP contribution in [0.1, 0.15) is 26.6 Å². The largest absolute Gasteiger partial charge is 0.478 e. The van der Waals surface area contributed by atoms with Crippen LogP contribution < -0.4 is 5.32 Å². The number of carboxylic acids is 1. The Morgan fingerprint density at radius 2 is 2.00 bits per heavy atom. The number of nitrogens with one attached hydrogen (secondary N) is 1. The molecule has 140 valence electrons. The second-order valence-electron chi connectivity index (χ2n) is 6.06. The van der Waals surface area contributed by atoms with Gasteiger partial charge >= 0.3 is 11.9 Å². The van der Waals surface area contributed by atoms with E-state index in [4.69, 9.17) is 16.0 Å². The predicted octanol–water partition coefficient (Wildman–Crippen LogP) is 5.47. The smallest absolute Gasteiger partial charge is 0.339 e. The summed E-state index contributed by atoms with van der Waals surface area (Å²) in [6, 6.07) is 12.2. The van der Waals surface area contributed by atoms with Gasteiger partial charge in [-0.15, -0.1) is 11.3 Å². The second-order valence-corrected chi connectivity index (χ2v) is 7.37. The minimum atomic E-state index is -1.14. The van der Waals surface area contributed by atoms with Crippen LogP contribution in [-0.4, -0.2) is 22.0 Å². The number of carbonyl (C=O) groups is 2. The highest BCUT2D eigenvalue weighted by Crippen LogP contribution is 2.38. The Morgan fingerprint density at radius 3 is 2.71 bits per heavy atom. The summed E-state index contributed by atoms with van der Waals surface area (Å²) in [5.74, 6) is -1.89. The highest BCUT2D eigenvalue weighted by molar-refractivity contribution is 7.14. The van der Waals surface area contributed by atoms with Crippen molar-refractivity contribution in [1.82, 2.24) is 4.98 Å². The van der Waals surface area contributed by atoms with E-state index in [1.165, 1.54) is 11.3 Å². The van der Waals surface area contributed by atoms with Crippen LogP contribution in [0.15, 0.2) is 52.3 Å². The Hall–Kier alpha value is -3.16. The summed E-state index contributed by atoms with van der Waals surface area (Å²) in [4.78, 5) is 29.1. The molecule has 2 heterocycles. The fourth-order valence-corrected chi connectivity index (χ4v) is 4.20. The molecule has 1 amide bonds. The lowest BCUT2D eigenvalue weighted by atomic mass is 10.0. The number of carboxylic acid groups (broad SMARTS) is 1. The lowest BCUT2D eigenvalue weighted by Gasteiger charge is -2.07. The number of thiophene rings is 1. The Morgan fingerprint density at radius 1 is 1.21 bits per heavy atom. The molecular formula is C20H13ClN2O4S. The number of aromatic nitrogens is 1. The number of amides is 1. The van der Waals surface area contributed by atoms with Gasteiger partial charge in [-0.2, -0.15) is 0 Å². The van der Waals surface area contributed by atoms with E-state index >= 15 is 0 Å². The van der Waals surface area contributed by atoms with E-state index in [1.54, 1.807) is 47.8 Å². The molecule has 0 saturated heterocycles. The van der Waals surface area contributed by atoms with Crippen LogP contribution in [0.25, 0.3) is 21.5 Å². The zero-order valence-electron chi connectivity index (χ0n) is 14.5. The third kappa shape index (κ3) is 3.26. The van der Waals surface area contributed by atoms with E-state index < -0.39 is 11.9 Å². The molecular weight excluding hydrogens is 400 g/mol. The van der Waals surface area contributed by atoms with E-state index in [0.29, 0.717) is 21.0 Å². The molecule has 0 aliphatic rings. The molecule has 0 fully saturated rings. The van der Waals surface area contributed by atoms with Crippen LogP contribution in [0, 0.1) is 6.92 Å². The number of fused-ring (bicyclic) bond motifs is 1. The van der Waals surface area contributed by atoms with Crippen LogP contribution in [-0.2, 0) is 0 Å². The quantitative estimate of drug-likeness (QED) is 0.463. The van der Waals surface area contributed by atoms with Gasteiger partial charge in [0.25, 0.3) is 5.89 Å². The van der Waals surface area contributed by atoms with Crippen molar-refractivity contribution in [2.24, 2.45) is 0 Å². The number of halogens is 1. The van der Waals surface area contributed by atoms with E-state index in [2.05, 4.69) is 10.3 Å². The van der Waals surface area contributed by atoms with Crippen LogP contribution in [0.2, 0.25) is 5.02 Å². The summed E-state index contributed by atoms with van der Waals surface area (Å²) in [6.45, 7) is 1.85. The summed E-state index contributed by atoms with van der Waals surface area (Å²) in [6.07, 6.45) is 0. The normalized spacial score (nSPS) is 10.9. The zero-order valence-corrected chi connectivity index (χ0v) is 16.1. The van der Waals surface area contributed by atoms with Crippen molar-refractivity contribution >= 4 is 51.6 Å². The van der Waals surface area contributed by atoms with Gasteiger partial charge in [-0.25, -0.2) is 9.78 Å². The number of para-hydroxylation sites is 2. The summed E-state index contributed by atoms with van der Waals surface area (Å²) in [5.41, 5.74) is 2.82. The van der Waals surface area contributed by atoms with Crippen molar-refractivity contribution < 1.29 is 19.1 Å². The molecule has 0 atom stereocenters. The topological polar surface area (TPSA) is 92.4 Å². The minimum Gasteiger partial charge on any atom is -0.478 e. The minimum absolute atomic E-state index is 0.0138. The van der Waals surface area contributed by atoms with Crippen LogP contribution in [0.4, 0.5) is 5.69 Å². The number of rotatable bonds is 4. The molecule has 6 nitrogen and oxygen atoms in total. The van der Waals surface area contributed by atoms with E-state index in [9.17, 15) is 14.7 Å². The lowest BCUT2D eigenvalue weighted by Crippen LogP contribution is -2.14. The van der Waals surface area contributed by atoms with Gasteiger partial charge < -0.3 is 14.8 Å². The summed E-state index contributed by atoms with van der Waals surface area (Å²) in [5, 5.41) is 14.5. The van der Waals surface area contributed by atoms with Gasteiger partial charge in [0.1, 0.15) is 11.1 Å². The molecule has 8 heteroatoms. The number of hydrogen-bond donors (Lipinski definition) is 2. The molecule has 0 spiro atoms. The lowest BCUT2D eigenvalue weighted by molar-refractivity contribution is 0.0699. The molecule has 4 aromatic rings. The first-order valence-corrected chi connectivity index (χ1v) is 9.48. The van der Waals surface area contributed by atoms with Crippen molar-refractivity contribution in [3.8, 4) is 10.4 Å². The van der Waals surface area contributed by atoms with Crippen molar-refractivity contribution in [2.45, 2.75) is 6.92 Å². The maximum Gasteiger partial charge on any atom is 0.339 e. The molecule has 0 aliphatic heterocycles. The van der Waals surface area contributed by atoms with Gasteiger partial charge in [0, 0.05) is 10.4 Å². The Bertz CT molecular complexity index is 1200. The monoisotopic (exact) mass is 412 g/mol. The molecule has 28 heavy (non-hydrogen) atoms. The Balaban J connectivity index is 1.71. The van der Waals surface area contributed by atoms with Crippen molar-refractivity contribution in [3.05, 3.63) is 69.9 Å². The number of benzene rings is 2. The first-order chi connectivity index (χ1) is 13.4. The van der Waals surface area contributed by atoms with Crippen LogP contribution >= 0.6 is 22.9 Å². The van der Waals surface area contributed by atoms with Gasteiger partial charge in [0.15, 0.2) is 5.58 Å². The number of oxazole rings is 1. The fraction of sp³-hybridized carbons (Fsp3) is 0.0500. The maximum atomic E-state index is 12.5. The molecule has 2 aromatic carbocycles. The summed E-state index contributed by atoms with van der Waals surface area (Å²) >= 11 is 7.22. The molecule has 4 rings (SSSR count). The number of aryl methyl sites for hydroxylation is 1. The molecule has 2 N–H and O–H groups in total. The average molecular weight is 413 g/mol. The van der Waals surface area contributed by atoms with E-state index in [1.807, 2.05) is 6.92 Å². The SMILES string of the molecule is Cc1cc(Cl)ccc1-c1scc(NC(=O)c2nc3ccccc3o2)c1C(=O)O. The third-order valence-corrected chi connectivity index (χ3v) is 5.42. The Labute approximate surface area is 168 Å². The number of anilines is 1. The molecule has 2 aromatic heterocycles. The third-order valence-electron chi connectivity index (χ3n) is 4.17. The van der Waals surface area contributed by atoms with E-state index in [0.717, 1.165) is 11.1 Å². The molecule has 0 radical (unpaired) electrons. The first kappa shape index (κ1) is 18.2. The summed E-state index contributed by atoms with van der Waals surface area (Å²) in [7, 11) is 0. The molecule has 0 aliphatic carbocycles. The van der Waals surface area contributed by atoms with Crippen LogP contribution in [0.3, 0.4) is 0 Å². The van der Waals surface area contributed by atoms with Crippen molar-refractivity contribution in [1.29, 1.82) is 0 Å². The van der Waals surface area contributed by atoms with Crippen LogP contribution in [0.5, 0.6) is 0 Å². The van der Waals surface area contributed by atoms with Gasteiger partial charge in [-0.1, -0.05) is 29.8 Å². The highest BCUT2D eigenvalue weighted by Gasteiger charge is 2.24. The standard InChI is InChI=1S/C20H13ClN2O4S/c1-10-8-11(21)6-7-12(10)17-16(20(25)26)14(9-28-17)22-18(24)19-23-13-4-2-3-5-15(13)27-19/h2-9H,1H3,(H,22,24)(H,25,26). The summed E-state index contributed by atoms with van der Waals surface area (Å²) < 4.78 is 5.44. The second kappa shape index (κ2) is 7.10. The van der Waals surface area contributed by atoms with Crippen molar-refractivity contribution in [3.63, 3.8) is 0 Å². The molecule has 0 unspecified atom stereocenters. The number of aromatic carboxylic acids is 1. The Kier molecular flexibility index (Phi) is 4.62. The predicted molar refractivity (Wildman–Crippen MR) is 108 cm³/mol. The van der Waals surface area contributed by atoms with Gasteiger partial charge in [-0.3, -0.25) is 4.79 Å². The van der Waals surface area contributed by atoms with E-state index in [-0.39, 0.29) is 17.1 Å². The van der Waals surface area contributed by atoms with Gasteiger partial charge in [0.2, 0.25) is 0 Å². The maximum absolute atomic E-state index is 12.5. The van der Waals surface area contributed by atoms with Gasteiger partial charge in [0.05, 0.1) is 10.6 Å². The zero-order chi connectivity index (χ0) is 19.8. The number of hydrogen-bond acceptors (Lipinski definition) is 5. The fourth-order valence-electron chi connectivity index (χ4n) is 2.89. The number of carbonyl (C=O) groups excluding carboxylic acids is 1. The number of nitrogens with zero attached hydrogens (tertiary/aromatic N) is 1. The van der Waals surface area contributed by atoms with Crippen molar-refractivity contribution in [2.75, 3.05) is 5.32 Å². The molecule has 0 bridgehead atoms. The van der Waals surface area contributed by atoms with Gasteiger partial charge in [-0.05, 0) is 42.3 Å². The molecule has 0 saturated carbocycles. The highest BCUT2D eigenvalue weighted by atomic mass is 35.5. The first-order valence-electron chi connectivity index (χ1n) is 8.22.